The fourth-order valence-electron chi connectivity index (χ4n) is 4.19. The molecule has 1 aliphatic heterocycles. The monoisotopic (exact) mass is 276 g/mol. The lowest BCUT2D eigenvalue weighted by molar-refractivity contribution is -0.955. The average Bonchev–Trinajstić information content (AvgIpc) is 2.50. The van der Waals surface area contributed by atoms with E-state index in [2.05, 4.69) is 70.9 Å². The maximum Gasteiger partial charge on any atom is 0.105 e. The molecule has 0 aromatic heterocycles. The van der Waals surface area contributed by atoms with Crippen molar-refractivity contribution in [2.45, 2.75) is 57.5 Å². The van der Waals surface area contributed by atoms with Gasteiger partial charge in [-0.2, -0.15) is 0 Å². The van der Waals surface area contributed by atoms with Crippen LogP contribution in [0.1, 0.15) is 25.8 Å². The van der Waals surface area contributed by atoms with Gasteiger partial charge < -0.3 is 4.48 Å². The van der Waals surface area contributed by atoms with Gasteiger partial charge in [0.1, 0.15) is 6.54 Å². The molecular weight excluding hydrogens is 246 g/mol. The Kier molecular flexibility index (Phi) is 3.70. The van der Waals surface area contributed by atoms with E-state index in [0.29, 0.717) is 5.54 Å². The van der Waals surface area contributed by atoms with Gasteiger partial charge >= 0.3 is 0 Å². The molecule has 1 aromatic rings. The minimum atomic E-state index is -1.08. The van der Waals surface area contributed by atoms with E-state index in [1.54, 1.807) is 0 Å². The molecule has 1 fully saturated rings. The second-order valence-corrected chi connectivity index (χ2v) is 13.6. The van der Waals surface area contributed by atoms with Crippen molar-refractivity contribution in [3.05, 3.63) is 35.9 Å². The van der Waals surface area contributed by atoms with Crippen LogP contribution in [-0.2, 0) is 6.54 Å². The third-order valence-corrected chi connectivity index (χ3v) is 8.66. The molecule has 0 N–H and O–H groups in total. The van der Waals surface area contributed by atoms with Crippen LogP contribution in [0.15, 0.2) is 30.3 Å². The van der Waals surface area contributed by atoms with E-state index >= 15 is 0 Å². The van der Waals surface area contributed by atoms with Gasteiger partial charge in [-0.1, -0.05) is 50.0 Å². The van der Waals surface area contributed by atoms with Crippen LogP contribution in [0.4, 0.5) is 0 Å². The first-order valence-electron chi connectivity index (χ1n) is 7.55. The molecule has 1 nitrogen and oxygen atoms in total. The summed E-state index contributed by atoms with van der Waals surface area (Å²) in [5.41, 5.74) is 2.81. The van der Waals surface area contributed by atoms with Crippen molar-refractivity contribution < 1.29 is 4.48 Å². The van der Waals surface area contributed by atoms with E-state index in [1.807, 2.05) is 0 Å². The Morgan fingerprint density at radius 2 is 1.74 bits per heavy atom. The molecule has 1 heterocycles. The minimum Gasteiger partial charge on any atom is -0.318 e. The third-order valence-electron chi connectivity index (χ3n) is 5.58. The lowest BCUT2D eigenvalue weighted by Crippen LogP contribution is -2.57. The first kappa shape index (κ1) is 14.8. The quantitative estimate of drug-likeness (QED) is 0.562. The molecule has 0 amide bonds. The zero-order valence-electron chi connectivity index (χ0n) is 13.5. The predicted octanol–water partition coefficient (Wildman–Crippen LogP) is 4.52. The van der Waals surface area contributed by atoms with Crippen LogP contribution in [0, 0.1) is 0 Å². The van der Waals surface area contributed by atoms with Gasteiger partial charge in [0.15, 0.2) is 0 Å². The molecule has 0 saturated carbocycles. The largest absolute Gasteiger partial charge is 0.318 e. The zero-order chi connectivity index (χ0) is 14.3. The minimum absolute atomic E-state index is 0.403. The van der Waals surface area contributed by atoms with Gasteiger partial charge in [-0.15, -0.1) is 0 Å². The number of rotatable bonds is 3. The van der Waals surface area contributed by atoms with Crippen molar-refractivity contribution in [3.63, 3.8) is 0 Å². The van der Waals surface area contributed by atoms with Crippen LogP contribution in [0.25, 0.3) is 0 Å². The first-order valence-corrected chi connectivity index (χ1v) is 11.1. The van der Waals surface area contributed by atoms with Gasteiger partial charge in [-0.05, 0) is 13.8 Å². The Hall–Kier alpha value is -0.603. The van der Waals surface area contributed by atoms with E-state index in [0.717, 1.165) is 5.54 Å². The van der Waals surface area contributed by atoms with Gasteiger partial charge in [0.05, 0.1) is 27.2 Å². The highest BCUT2D eigenvalue weighted by atomic mass is 28.3. The van der Waals surface area contributed by atoms with Crippen LogP contribution in [0.3, 0.4) is 0 Å². The highest BCUT2D eigenvalue weighted by Gasteiger charge is 2.55. The third kappa shape index (κ3) is 2.66. The topological polar surface area (TPSA) is 0 Å². The number of hydrogen-bond acceptors (Lipinski definition) is 0. The Balaban J connectivity index is 2.25. The number of likely N-dealkylation sites (tertiary alicyclic amines) is 1. The van der Waals surface area contributed by atoms with E-state index in [9.17, 15) is 0 Å². The summed E-state index contributed by atoms with van der Waals surface area (Å²) in [7, 11) is 1.38. The molecule has 0 spiro atoms. The maximum absolute atomic E-state index is 2.54. The Morgan fingerprint density at radius 3 is 2.21 bits per heavy atom. The lowest BCUT2D eigenvalue weighted by Gasteiger charge is -2.47. The van der Waals surface area contributed by atoms with Gasteiger partial charge in [0.25, 0.3) is 0 Å². The standard InChI is InChI=1S/C17H30NSi/c1-17(2)16(19(4,5)6)12-13-18(17,3)14-15-10-8-7-9-11-15/h7-11,16H,12-14H2,1-6H3/q+1/t16-,18-/m0/s1. The van der Waals surface area contributed by atoms with Crippen molar-refractivity contribution in [2.24, 2.45) is 0 Å². The molecule has 2 rings (SSSR count). The second kappa shape index (κ2) is 4.74. The van der Waals surface area contributed by atoms with E-state index in [1.165, 1.54) is 29.6 Å². The molecule has 106 valence electrons. The summed E-state index contributed by atoms with van der Waals surface area (Å²) in [6, 6.07) is 11.0. The zero-order valence-corrected chi connectivity index (χ0v) is 14.5. The molecule has 0 radical (unpaired) electrons. The fraction of sp³-hybridized carbons (Fsp3) is 0.647. The number of hydrogen-bond donors (Lipinski definition) is 0. The first-order chi connectivity index (χ1) is 8.67. The van der Waals surface area contributed by atoms with Crippen molar-refractivity contribution in [1.29, 1.82) is 0 Å². The Labute approximate surface area is 120 Å². The average molecular weight is 277 g/mol. The lowest BCUT2D eigenvalue weighted by atomic mass is 9.98. The van der Waals surface area contributed by atoms with Gasteiger partial charge in [0.2, 0.25) is 0 Å². The molecule has 0 unspecified atom stereocenters. The molecule has 0 bridgehead atoms. The summed E-state index contributed by atoms with van der Waals surface area (Å²) in [4.78, 5) is 0. The molecule has 1 saturated heterocycles. The summed E-state index contributed by atoms with van der Waals surface area (Å²) in [5.74, 6) is 0. The molecular formula is C17H30NSi+. The van der Waals surface area contributed by atoms with Crippen LogP contribution >= 0.6 is 0 Å². The van der Waals surface area contributed by atoms with Crippen molar-refractivity contribution in [3.8, 4) is 0 Å². The predicted molar refractivity (Wildman–Crippen MR) is 87.0 cm³/mol. The molecule has 1 aromatic carbocycles. The van der Waals surface area contributed by atoms with Crippen molar-refractivity contribution in [1.82, 2.24) is 0 Å². The molecule has 2 heteroatoms. The van der Waals surface area contributed by atoms with Crippen molar-refractivity contribution >= 4 is 8.07 Å². The van der Waals surface area contributed by atoms with Crippen molar-refractivity contribution in [2.75, 3.05) is 13.6 Å². The Morgan fingerprint density at radius 1 is 1.16 bits per heavy atom. The number of nitrogens with zero attached hydrogens (tertiary/aromatic N) is 1. The molecule has 1 aliphatic rings. The fourth-order valence-corrected chi connectivity index (χ4v) is 7.62. The number of quaternary nitrogens is 1. The van der Waals surface area contributed by atoms with Crippen LogP contribution in [0.5, 0.6) is 0 Å². The van der Waals surface area contributed by atoms with Crippen LogP contribution < -0.4 is 0 Å². The molecule has 0 aliphatic carbocycles. The highest BCUT2D eigenvalue weighted by molar-refractivity contribution is 6.77. The van der Waals surface area contributed by atoms with E-state index in [-0.39, 0.29) is 0 Å². The Bertz CT molecular complexity index is 432. The number of benzene rings is 1. The van der Waals surface area contributed by atoms with Gasteiger partial charge in [-0.3, -0.25) is 0 Å². The molecule has 2 atom stereocenters. The summed E-state index contributed by atoms with van der Waals surface area (Å²) in [5, 5.41) is 0. The normalized spacial score (nSPS) is 30.5. The summed E-state index contributed by atoms with van der Waals surface area (Å²) in [6.45, 7) is 15.1. The van der Waals surface area contributed by atoms with Gasteiger partial charge in [0, 0.05) is 17.5 Å². The van der Waals surface area contributed by atoms with Gasteiger partial charge in [-0.25, -0.2) is 0 Å². The van der Waals surface area contributed by atoms with E-state index in [4.69, 9.17) is 0 Å². The van der Waals surface area contributed by atoms with E-state index < -0.39 is 8.07 Å². The second-order valence-electron chi connectivity index (χ2n) is 8.12. The summed E-state index contributed by atoms with van der Waals surface area (Å²) >= 11 is 0. The maximum atomic E-state index is 2.54. The highest BCUT2D eigenvalue weighted by Crippen LogP contribution is 2.49. The van der Waals surface area contributed by atoms with Crippen LogP contribution in [-0.4, -0.2) is 31.7 Å². The van der Waals surface area contributed by atoms with Crippen LogP contribution in [0.2, 0.25) is 25.2 Å². The summed E-state index contributed by atoms with van der Waals surface area (Å²) < 4.78 is 1.20. The smallest absolute Gasteiger partial charge is 0.105 e. The molecule has 19 heavy (non-hydrogen) atoms. The SMILES string of the molecule is CC1(C)[C@@H]([Si](C)(C)C)CC[N@@+]1(C)Cc1ccccc1. The summed E-state index contributed by atoms with van der Waals surface area (Å²) in [6.07, 6.45) is 1.41.